The molecule has 0 unspecified atom stereocenters. The fourth-order valence-electron chi connectivity index (χ4n) is 2.55. The average Bonchev–Trinajstić information content (AvgIpc) is 3.08. The van der Waals surface area contributed by atoms with Crippen LogP contribution in [-0.4, -0.2) is 34.1 Å². The van der Waals surface area contributed by atoms with E-state index in [1.807, 2.05) is 6.20 Å². The number of hydrogen-bond donors (Lipinski definition) is 0. The Morgan fingerprint density at radius 2 is 2.06 bits per heavy atom. The van der Waals surface area contributed by atoms with Gasteiger partial charge in [0.1, 0.15) is 5.82 Å². The minimum absolute atomic E-state index is 1.05. The lowest BCUT2D eigenvalue weighted by molar-refractivity contribution is 0.221. The molecule has 3 rings (SSSR count). The van der Waals surface area contributed by atoms with Crippen LogP contribution < -0.4 is 0 Å². The summed E-state index contributed by atoms with van der Waals surface area (Å²) in [7, 11) is 0. The molecular weight excluding hydrogens is 242 g/mol. The molecule has 0 aromatic carbocycles. The Morgan fingerprint density at radius 3 is 2.83 bits per heavy atom. The van der Waals surface area contributed by atoms with E-state index in [-0.39, 0.29) is 0 Å². The van der Waals surface area contributed by atoms with Crippen LogP contribution in [0.3, 0.4) is 0 Å². The lowest BCUT2D eigenvalue weighted by Crippen LogP contribution is -2.32. The maximum absolute atomic E-state index is 4.48. The Labute approximate surface area is 112 Å². The number of aromatic nitrogens is 2. The number of imidazole rings is 1. The summed E-state index contributed by atoms with van der Waals surface area (Å²) in [6, 6.07) is 4.23. The van der Waals surface area contributed by atoms with Gasteiger partial charge in [-0.25, -0.2) is 4.98 Å². The minimum atomic E-state index is 1.05. The molecule has 0 N–H and O–H groups in total. The highest BCUT2D eigenvalue weighted by Crippen LogP contribution is 2.22. The van der Waals surface area contributed by atoms with Crippen LogP contribution in [0.2, 0.25) is 0 Å². The largest absolute Gasteiger partial charge is 0.329 e. The highest BCUT2D eigenvalue weighted by Gasteiger charge is 2.11. The number of likely N-dealkylation sites (tertiary alicyclic amines) is 1. The van der Waals surface area contributed by atoms with Crippen molar-refractivity contribution in [1.82, 2.24) is 14.5 Å². The maximum Gasteiger partial charge on any atom is 0.150 e. The van der Waals surface area contributed by atoms with E-state index < -0.39 is 0 Å². The predicted molar refractivity (Wildman–Crippen MR) is 75.8 cm³/mol. The normalized spacial score (nSPS) is 17.1. The molecule has 3 nitrogen and oxygen atoms in total. The number of piperidine rings is 1. The van der Waals surface area contributed by atoms with Crippen molar-refractivity contribution < 1.29 is 0 Å². The Kier molecular flexibility index (Phi) is 3.76. The molecule has 96 valence electrons. The van der Waals surface area contributed by atoms with Crippen molar-refractivity contribution in [2.24, 2.45) is 0 Å². The van der Waals surface area contributed by atoms with Crippen LogP contribution in [0, 0.1) is 0 Å². The fourth-order valence-corrected chi connectivity index (χ4v) is 3.29. The molecule has 3 heterocycles. The van der Waals surface area contributed by atoms with Gasteiger partial charge in [0.25, 0.3) is 0 Å². The van der Waals surface area contributed by atoms with Crippen LogP contribution in [0.5, 0.6) is 0 Å². The highest BCUT2D eigenvalue weighted by atomic mass is 32.1. The van der Waals surface area contributed by atoms with Crippen LogP contribution in [0.25, 0.3) is 10.7 Å². The van der Waals surface area contributed by atoms with Gasteiger partial charge in [-0.15, -0.1) is 11.3 Å². The predicted octanol–water partition coefficient (Wildman–Crippen LogP) is 3.10. The summed E-state index contributed by atoms with van der Waals surface area (Å²) in [4.78, 5) is 8.31. The van der Waals surface area contributed by atoms with E-state index in [1.165, 1.54) is 37.2 Å². The van der Waals surface area contributed by atoms with Gasteiger partial charge in [0.2, 0.25) is 0 Å². The van der Waals surface area contributed by atoms with Crippen molar-refractivity contribution in [3.05, 3.63) is 29.9 Å². The van der Waals surface area contributed by atoms with E-state index in [0.717, 1.165) is 18.9 Å². The number of rotatable bonds is 4. The first-order chi connectivity index (χ1) is 8.93. The summed E-state index contributed by atoms with van der Waals surface area (Å²) in [5, 5.41) is 2.11. The average molecular weight is 261 g/mol. The summed E-state index contributed by atoms with van der Waals surface area (Å²) in [5.74, 6) is 1.11. The molecule has 1 saturated heterocycles. The molecule has 4 heteroatoms. The molecule has 2 aromatic rings. The molecule has 1 aliphatic rings. The van der Waals surface area contributed by atoms with Gasteiger partial charge in [-0.3, -0.25) is 0 Å². The zero-order valence-corrected chi connectivity index (χ0v) is 11.4. The standard InChI is InChI=1S/C14H19N3S/c1-2-7-16(8-3-1)10-11-17-9-6-15-14(17)13-5-4-12-18-13/h4-6,9,12H,1-3,7-8,10-11H2. The van der Waals surface area contributed by atoms with Gasteiger partial charge in [0.15, 0.2) is 0 Å². The molecule has 0 bridgehead atoms. The minimum Gasteiger partial charge on any atom is -0.329 e. The summed E-state index contributed by atoms with van der Waals surface area (Å²) < 4.78 is 2.28. The van der Waals surface area contributed by atoms with E-state index >= 15 is 0 Å². The summed E-state index contributed by atoms with van der Waals surface area (Å²) in [6.45, 7) is 4.73. The number of thiophene rings is 1. The van der Waals surface area contributed by atoms with Crippen LogP contribution >= 0.6 is 11.3 Å². The third-order valence-electron chi connectivity index (χ3n) is 3.56. The van der Waals surface area contributed by atoms with Gasteiger partial charge in [-0.1, -0.05) is 12.5 Å². The molecule has 2 aromatic heterocycles. The second-order valence-corrected chi connectivity index (χ2v) is 5.77. The lowest BCUT2D eigenvalue weighted by atomic mass is 10.1. The monoisotopic (exact) mass is 261 g/mol. The van der Waals surface area contributed by atoms with Crippen LogP contribution in [0.15, 0.2) is 29.9 Å². The van der Waals surface area contributed by atoms with E-state index in [4.69, 9.17) is 0 Å². The molecule has 0 aliphatic carbocycles. The van der Waals surface area contributed by atoms with E-state index in [2.05, 4.69) is 38.2 Å². The molecule has 0 radical (unpaired) electrons. The van der Waals surface area contributed by atoms with Gasteiger partial charge < -0.3 is 9.47 Å². The molecule has 18 heavy (non-hydrogen) atoms. The Morgan fingerprint density at radius 1 is 1.17 bits per heavy atom. The Balaban J connectivity index is 1.64. The highest BCUT2D eigenvalue weighted by molar-refractivity contribution is 7.13. The fraction of sp³-hybridized carbons (Fsp3) is 0.500. The number of hydrogen-bond acceptors (Lipinski definition) is 3. The van der Waals surface area contributed by atoms with E-state index in [0.29, 0.717) is 0 Å². The van der Waals surface area contributed by atoms with Crippen LogP contribution in [-0.2, 0) is 6.54 Å². The first-order valence-corrected chi connectivity index (χ1v) is 7.59. The summed E-state index contributed by atoms with van der Waals surface area (Å²) in [5.41, 5.74) is 0. The topological polar surface area (TPSA) is 21.1 Å². The summed E-state index contributed by atoms with van der Waals surface area (Å²) >= 11 is 1.76. The van der Waals surface area contributed by atoms with Crippen molar-refractivity contribution in [2.75, 3.05) is 19.6 Å². The maximum atomic E-state index is 4.48. The second kappa shape index (κ2) is 5.67. The smallest absolute Gasteiger partial charge is 0.150 e. The molecule has 0 saturated carbocycles. The zero-order valence-electron chi connectivity index (χ0n) is 10.6. The van der Waals surface area contributed by atoms with Gasteiger partial charge >= 0.3 is 0 Å². The summed E-state index contributed by atoms with van der Waals surface area (Å²) in [6.07, 6.45) is 8.13. The molecule has 0 atom stereocenters. The molecule has 1 fully saturated rings. The van der Waals surface area contributed by atoms with E-state index in [1.54, 1.807) is 11.3 Å². The third kappa shape index (κ3) is 2.65. The van der Waals surface area contributed by atoms with Gasteiger partial charge in [-0.05, 0) is 37.4 Å². The number of nitrogens with zero attached hydrogens (tertiary/aromatic N) is 3. The van der Waals surface area contributed by atoms with Crippen LogP contribution in [0.4, 0.5) is 0 Å². The van der Waals surface area contributed by atoms with Crippen molar-refractivity contribution in [1.29, 1.82) is 0 Å². The quantitative estimate of drug-likeness (QED) is 0.843. The SMILES string of the molecule is c1csc(-c2nccn2CCN2CCCCC2)c1. The Hall–Kier alpha value is -1.13. The molecule has 0 amide bonds. The second-order valence-electron chi connectivity index (χ2n) is 4.82. The van der Waals surface area contributed by atoms with Gasteiger partial charge in [-0.2, -0.15) is 0 Å². The third-order valence-corrected chi connectivity index (χ3v) is 4.43. The van der Waals surface area contributed by atoms with Gasteiger partial charge in [0.05, 0.1) is 4.88 Å². The molecular formula is C14H19N3S. The van der Waals surface area contributed by atoms with Crippen LogP contribution in [0.1, 0.15) is 19.3 Å². The first-order valence-electron chi connectivity index (χ1n) is 6.71. The van der Waals surface area contributed by atoms with Crippen molar-refractivity contribution in [2.45, 2.75) is 25.8 Å². The molecule has 1 aliphatic heterocycles. The Bertz CT molecular complexity index is 469. The lowest BCUT2D eigenvalue weighted by Gasteiger charge is -2.26. The molecule has 0 spiro atoms. The van der Waals surface area contributed by atoms with Crippen molar-refractivity contribution in [3.63, 3.8) is 0 Å². The van der Waals surface area contributed by atoms with Gasteiger partial charge in [0, 0.05) is 25.5 Å². The van der Waals surface area contributed by atoms with E-state index in [9.17, 15) is 0 Å². The first kappa shape index (κ1) is 11.9. The van der Waals surface area contributed by atoms with Crippen molar-refractivity contribution in [3.8, 4) is 10.7 Å². The van der Waals surface area contributed by atoms with Crippen molar-refractivity contribution >= 4 is 11.3 Å². The zero-order chi connectivity index (χ0) is 12.2.